The summed E-state index contributed by atoms with van der Waals surface area (Å²) in [5.74, 6) is 0. The summed E-state index contributed by atoms with van der Waals surface area (Å²) < 4.78 is 0. The maximum absolute atomic E-state index is 8.58. The monoisotopic (exact) mass is 322 g/mol. The molecule has 0 atom stereocenters. The van der Waals surface area contributed by atoms with E-state index in [0.717, 1.165) is 29.8 Å². The summed E-state index contributed by atoms with van der Waals surface area (Å²) >= 11 is 0. The van der Waals surface area contributed by atoms with Crippen molar-refractivity contribution in [3.05, 3.63) is 0 Å². The molecule has 0 aliphatic rings. The minimum Gasteiger partial charge on any atom is 2.00 e. The molecule has 0 rings (SSSR count). The third kappa shape index (κ3) is 1.70. The Kier molecular flexibility index (Phi) is 5.54. The van der Waals surface area contributed by atoms with Crippen molar-refractivity contribution < 1.29 is 44.9 Å². The van der Waals surface area contributed by atoms with E-state index in [1.807, 2.05) is 0 Å². The first kappa shape index (κ1) is 19.1. The Morgan fingerprint density at radius 3 is 0.600 bits per heavy atom. The van der Waals surface area contributed by atoms with Crippen LogP contribution in [0.4, 0.5) is 0 Å². The predicted molar refractivity (Wildman–Crippen MR) is 33.7 cm³/mol. The van der Waals surface area contributed by atoms with Crippen LogP contribution in [-0.4, -0.2) is 0 Å². The first-order valence-corrected chi connectivity index (χ1v) is 5.71. The van der Waals surface area contributed by atoms with E-state index in [-0.39, 0.29) is 34.1 Å². The zero-order chi connectivity index (χ0) is 10.7. The Morgan fingerprint density at radius 2 is 0.600 bits per heavy atom. The van der Waals surface area contributed by atoms with Crippen LogP contribution in [0, 0.1) is 61.4 Å². The van der Waals surface area contributed by atoms with E-state index >= 15 is 0 Å². The fraction of sp³-hybridized carbons (Fsp3) is 0. The fourth-order valence-corrected chi connectivity index (χ4v) is 1.09. The molecule has 6 nitrogen and oxygen atoms in total. The normalized spacial score (nSPS) is 11.6. The third-order valence-corrected chi connectivity index (χ3v) is 4.89. The van der Waals surface area contributed by atoms with E-state index in [2.05, 4.69) is 0 Å². The second-order valence-corrected chi connectivity index (χ2v) is 7.42. The second kappa shape index (κ2) is 4.35. The molecule has 0 spiro atoms. The Balaban J connectivity index is -0.000000720. The zero-order valence-corrected chi connectivity index (χ0v) is 10.3. The van der Waals surface area contributed by atoms with E-state index in [1.165, 1.54) is 0 Å². The van der Waals surface area contributed by atoms with Gasteiger partial charge in [0.05, 0.1) is 0 Å². The molecule has 0 N–H and O–H groups in total. The van der Waals surface area contributed by atoms with Gasteiger partial charge in [-0.1, -0.05) is 0 Å². The minimum atomic E-state index is -6.17. The fourth-order valence-electron chi connectivity index (χ4n) is 0.265. The summed E-state index contributed by atoms with van der Waals surface area (Å²) in [5, 5.41) is 51.5. The molecule has 0 bridgehead atoms. The van der Waals surface area contributed by atoms with Crippen molar-refractivity contribution in [3.63, 3.8) is 0 Å². The Labute approximate surface area is 106 Å². The molecule has 2 radical (unpaired) electrons. The summed E-state index contributed by atoms with van der Waals surface area (Å²) in [6.45, 7) is 0. The van der Waals surface area contributed by atoms with Gasteiger partial charge < -0.3 is 0 Å². The van der Waals surface area contributed by atoms with Gasteiger partial charge in [-0.15, -0.1) is 0 Å². The summed E-state index contributed by atoms with van der Waals surface area (Å²) in [7, 11) is -6.17. The Morgan fingerprint density at radius 1 is 0.467 bits per heavy atom. The van der Waals surface area contributed by atoms with Crippen molar-refractivity contribution in [2.24, 2.45) is 0 Å². The minimum absolute atomic E-state index is 0. The van der Waals surface area contributed by atoms with Crippen molar-refractivity contribution in [3.8, 4) is 29.8 Å². The Hall–Kier alpha value is -1.50. The van der Waals surface area contributed by atoms with Crippen LogP contribution in [0.2, 0.25) is 0 Å². The SMILES string of the molecule is N#[C][Fe-4]([C]#N)([C]#N)([C]#N)([C]#N)[C]#N.[Mn+2].[Mn+2]. The van der Waals surface area contributed by atoms with Crippen LogP contribution in [0.3, 0.4) is 0 Å². The van der Waals surface area contributed by atoms with Crippen LogP contribution in [-0.2, 0) is 44.9 Å². The molecule has 76 valence electrons. The van der Waals surface area contributed by atoms with Crippen LogP contribution >= 0.6 is 0 Å². The van der Waals surface area contributed by atoms with Gasteiger partial charge in [-0.2, -0.15) is 0 Å². The molecule has 9 heteroatoms. The Bertz CT molecular complexity index is 395. The standard InChI is InChI=1S/6CN.Fe.2Mn/c6*1-2;;;/q;;;;;;-4;2*+2. The van der Waals surface area contributed by atoms with Crippen LogP contribution < -0.4 is 0 Å². The van der Waals surface area contributed by atoms with Gasteiger partial charge in [0.15, 0.2) is 0 Å². The van der Waals surface area contributed by atoms with Crippen LogP contribution in [0.1, 0.15) is 0 Å². The third-order valence-electron chi connectivity index (χ3n) is 1.19. The van der Waals surface area contributed by atoms with Crippen molar-refractivity contribution >= 4 is 0 Å². The van der Waals surface area contributed by atoms with Crippen molar-refractivity contribution in [1.29, 1.82) is 31.6 Å². The molecule has 0 saturated heterocycles. The van der Waals surface area contributed by atoms with Gasteiger partial charge in [-0.05, 0) is 0 Å². The molecule has 0 aromatic rings. The van der Waals surface area contributed by atoms with Crippen molar-refractivity contribution in [2.75, 3.05) is 0 Å². The topological polar surface area (TPSA) is 143 Å². The van der Waals surface area contributed by atoms with E-state index in [1.54, 1.807) is 0 Å². The van der Waals surface area contributed by atoms with E-state index in [9.17, 15) is 0 Å². The molecule has 0 unspecified atom stereocenters. The van der Waals surface area contributed by atoms with Gasteiger partial charge in [0.1, 0.15) is 0 Å². The van der Waals surface area contributed by atoms with E-state index < -0.39 is 10.7 Å². The smallest absolute Gasteiger partial charge is 2.00 e. The average molecular weight is 322 g/mol. The molecular formula is C6FeMn2N6. The van der Waals surface area contributed by atoms with Gasteiger partial charge in [0, 0.05) is 0 Å². The summed E-state index contributed by atoms with van der Waals surface area (Å²) in [6.07, 6.45) is 0. The number of hydrogen-bond donors (Lipinski definition) is 0. The van der Waals surface area contributed by atoms with E-state index in [4.69, 9.17) is 31.6 Å². The van der Waals surface area contributed by atoms with Crippen molar-refractivity contribution in [2.45, 2.75) is 0 Å². The number of nitrogens with zero attached hydrogens (tertiary/aromatic N) is 6. The van der Waals surface area contributed by atoms with E-state index in [0.29, 0.717) is 0 Å². The molecule has 0 aromatic heterocycles. The molecule has 15 heavy (non-hydrogen) atoms. The van der Waals surface area contributed by atoms with Gasteiger partial charge in [-0.25, -0.2) is 0 Å². The first-order valence-electron chi connectivity index (χ1n) is 2.40. The number of rotatable bonds is 0. The van der Waals surface area contributed by atoms with Crippen LogP contribution in [0.5, 0.6) is 0 Å². The molecule has 0 saturated carbocycles. The predicted octanol–water partition coefficient (Wildman–Crippen LogP) is 0.0932. The molecular weight excluding hydrogens is 322 g/mol. The summed E-state index contributed by atoms with van der Waals surface area (Å²) in [4.78, 5) is 6.19. The summed E-state index contributed by atoms with van der Waals surface area (Å²) in [5.41, 5.74) is 0. The van der Waals surface area contributed by atoms with Gasteiger partial charge in [0.25, 0.3) is 0 Å². The molecule has 0 aliphatic heterocycles. The second-order valence-electron chi connectivity index (χ2n) is 1.80. The maximum Gasteiger partial charge on any atom is 2.00 e. The molecule has 0 heterocycles. The maximum atomic E-state index is 8.58. The quantitative estimate of drug-likeness (QED) is 0.578. The average Bonchev–Trinajstić information content (AvgIpc) is 2.26. The molecule has 0 fully saturated rings. The molecule has 0 amide bonds. The van der Waals surface area contributed by atoms with Crippen LogP contribution in [0.25, 0.3) is 0 Å². The van der Waals surface area contributed by atoms with Gasteiger partial charge >= 0.3 is 106 Å². The van der Waals surface area contributed by atoms with Crippen molar-refractivity contribution in [1.82, 2.24) is 0 Å². The van der Waals surface area contributed by atoms with Crippen LogP contribution in [0.15, 0.2) is 0 Å². The number of hydrogen-bond acceptors (Lipinski definition) is 6. The zero-order valence-electron chi connectivity index (χ0n) is 6.79. The van der Waals surface area contributed by atoms with Gasteiger partial charge in [-0.3, -0.25) is 0 Å². The molecule has 0 aromatic carbocycles. The number of nitriles is 6. The first-order chi connectivity index (χ1) is 5.97. The largest absolute Gasteiger partial charge is 2.00 e. The van der Waals surface area contributed by atoms with Gasteiger partial charge in [0.2, 0.25) is 0 Å². The summed E-state index contributed by atoms with van der Waals surface area (Å²) in [6, 6.07) is 0. The molecule has 0 aliphatic carbocycles.